The third kappa shape index (κ3) is 5.93. The van der Waals surface area contributed by atoms with Crippen LogP contribution in [0.5, 0.6) is 0 Å². The first-order valence-electron chi connectivity index (χ1n) is 20.0. The molecule has 1 aliphatic rings. The minimum Gasteiger partial charge on any atom is -0.335 e. The highest BCUT2D eigenvalue weighted by Gasteiger charge is 2.29. The molecule has 3 heterocycles. The first-order chi connectivity index (χ1) is 29.2. The molecule has 0 bridgehead atoms. The topological polar surface area (TPSA) is 33.4 Å². The molecule has 0 aliphatic carbocycles. The van der Waals surface area contributed by atoms with E-state index in [1.54, 1.807) is 0 Å². The molecule has 59 heavy (non-hydrogen) atoms. The molecule has 10 aromatic rings. The largest absolute Gasteiger partial charge is 0.335 e. The van der Waals surface area contributed by atoms with Gasteiger partial charge in [0, 0.05) is 39.7 Å². The van der Waals surface area contributed by atoms with Crippen molar-refractivity contribution in [2.24, 2.45) is 4.99 Å². The molecule has 0 atom stereocenters. The van der Waals surface area contributed by atoms with Gasteiger partial charge in [0.2, 0.25) is 0 Å². The molecule has 0 spiro atoms. The van der Waals surface area contributed by atoms with Gasteiger partial charge in [0.1, 0.15) is 5.82 Å². The van der Waals surface area contributed by atoms with Crippen molar-refractivity contribution in [3.8, 4) is 61.6 Å². The predicted octanol–water partition coefficient (Wildman–Crippen LogP) is 14.5. The molecule has 0 fully saturated rings. The maximum atomic E-state index is 5.56. The molecule has 278 valence electrons. The average Bonchev–Trinajstić information content (AvgIpc) is 3.66. The Hall–Kier alpha value is -7.82. The first-order valence-corrected chi connectivity index (χ1v) is 20.0. The predicted molar refractivity (Wildman–Crippen MR) is 247 cm³/mol. The SMILES string of the molecule is C=Nc1ccccc1N1Cc2ccc3c4ccccc4n(-c4cc(-c5ccc(-c6ccccc6)cc5)cc(-c5ccc(-c6ccccc6)cc5)n4)c3c2-c2ccccc21. The van der Waals surface area contributed by atoms with Gasteiger partial charge in [0.15, 0.2) is 0 Å². The lowest BCUT2D eigenvalue weighted by molar-refractivity contribution is 0.960. The summed E-state index contributed by atoms with van der Waals surface area (Å²) in [6.45, 7) is 4.60. The lowest BCUT2D eigenvalue weighted by atomic mass is 9.90. The quantitative estimate of drug-likeness (QED) is 0.152. The number of rotatable bonds is 7. The second-order valence-electron chi connectivity index (χ2n) is 15.1. The summed E-state index contributed by atoms with van der Waals surface area (Å²) < 4.78 is 2.40. The van der Waals surface area contributed by atoms with Crippen molar-refractivity contribution in [3.63, 3.8) is 0 Å². The minimum atomic E-state index is 0.691. The van der Waals surface area contributed by atoms with Gasteiger partial charge in [-0.3, -0.25) is 9.56 Å². The smallest absolute Gasteiger partial charge is 0.138 e. The fraction of sp³-hybridized carbons (Fsp3) is 0.0182. The molecule has 0 amide bonds. The van der Waals surface area contributed by atoms with Crippen LogP contribution in [-0.2, 0) is 6.54 Å². The lowest BCUT2D eigenvalue weighted by Crippen LogP contribution is -2.22. The van der Waals surface area contributed by atoms with Crippen LogP contribution in [-0.4, -0.2) is 16.3 Å². The third-order valence-electron chi connectivity index (χ3n) is 11.7. The van der Waals surface area contributed by atoms with Crippen molar-refractivity contribution in [2.75, 3.05) is 4.90 Å². The summed E-state index contributed by atoms with van der Waals surface area (Å²) in [4.78, 5) is 12.3. The third-order valence-corrected chi connectivity index (χ3v) is 11.7. The Balaban J connectivity index is 1.14. The van der Waals surface area contributed by atoms with Gasteiger partial charge in [-0.1, -0.05) is 170 Å². The lowest BCUT2D eigenvalue weighted by Gasteiger charge is -2.34. The highest BCUT2D eigenvalue weighted by molar-refractivity contribution is 6.16. The van der Waals surface area contributed by atoms with Gasteiger partial charge < -0.3 is 4.90 Å². The molecule has 2 aromatic heterocycles. The normalized spacial score (nSPS) is 12.0. The van der Waals surface area contributed by atoms with Crippen LogP contribution in [0.1, 0.15) is 5.56 Å². The number of para-hydroxylation sites is 4. The molecule has 0 unspecified atom stereocenters. The average molecular weight is 755 g/mol. The molecule has 0 N–H and O–H groups in total. The zero-order chi connectivity index (χ0) is 39.3. The monoisotopic (exact) mass is 754 g/mol. The van der Waals surface area contributed by atoms with Crippen LogP contribution in [0.25, 0.3) is 83.4 Å². The Morgan fingerprint density at radius 3 is 1.71 bits per heavy atom. The van der Waals surface area contributed by atoms with Gasteiger partial charge in [-0.25, -0.2) is 4.98 Å². The van der Waals surface area contributed by atoms with Crippen LogP contribution >= 0.6 is 0 Å². The maximum Gasteiger partial charge on any atom is 0.138 e. The van der Waals surface area contributed by atoms with E-state index in [9.17, 15) is 0 Å². The fourth-order valence-electron chi connectivity index (χ4n) is 8.88. The molecule has 0 saturated heterocycles. The second-order valence-corrected chi connectivity index (χ2v) is 15.1. The number of benzene rings is 8. The van der Waals surface area contributed by atoms with Crippen molar-refractivity contribution < 1.29 is 0 Å². The standard InChI is InChI=1S/C55H38N4/c1-56-48-20-10-13-23-52(48)58-36-43-32-33-46-45-18-8-12-22-51(45)59(55(46)54(43)47-19-9-11-21-50(47)58)53-35-44(41-26-24-39(25-27-41)37-14-4-2-5-15-37)34-49(57-53)42-30-28-40(29-31-42)38-16-6-3-7-17-38/h2-35H,1,36H2. The summed E-state index contributed by atoms with van der Waals surface area (Å²) in [5.74, 6) is 0.873. The molecular weight excluding hydrogens is 717 g/mol. The van der Waals surface area contributed by atoms with E-state index in [1.807, 2.05) is 12.1 Å². The summed E-state index contributed by atoms with van der Waals surface area (Å²) in [5.41, 5.74) is 17.9. The van der Waals surface area contributed by atoms with E-state index in [4.69, 9.17) is 4.98 Å². The second kappa shape index (κ2) is 14.3. The number of anilines is 2. The fourth-order valence-corrected chi connectivity index (χ4v) is 8.88. The number of pyridine rings is 1. The van der Waals surface area contributed by atoms with Crippen LogP contribution in [0.2, 0.25) is 0 Å². The van der Waals surface area contributed by atoms with Gasteiger partial charge in [0.25, 0.3) is 0 Å². The van der Waals surface area contributed by atoms with Gasteiger partial charge in [-0.2, -0.15) is 0 Å². The van der Waals surface area contributed by atoms with E-state index in [0.717, 1.165) is 56.3 Å². The van der Waals surface area contributed by atoms with Gasteiger partial charge in [-0.05, 0) is 82.1 Å². The van der Waals surface area contributed by atoms with E-state index in [0.29, 0.717) is 6.54 Å². The zero-order valence-corrected chi connectivity index (χ0v) is 32.3. The van der Waals surface area contributed by atoms with Gasteiger partial charge >= 0.3 is 0 Å². The Morgan fingerprint density at radius 1 is 0.458 bits per heavy atom. The maximum absolute atomic E-state index is 5.56. The van der Waals surface area contributed by atoms with Crippen molar-refractivity contribution in [2.45, 2.75) is 6.54 Å². The van der Waals surface area contributed by atoms with E-state index in [2.05, 4.69) is 215 Å². The molecule has 0 saturated carbocycles. The van der Waals surface area contributed by atoms with E-state index in [1.165, 1.54) is 49.7 Å². The summed E-state index contributed by atoms with van der Waals surface area (Å²) in [6.07, 6.45) is 0. The molecular formula is C55H38N4. The number of hydrogen-bond donors (Lipinski definition) is 0. The molecule has 8 aromatic carbocycles. The number of fused-ring (bicyclic) bond motifs is 7. The van der Waals surface area contributed by atoms with Crippen molar-refractivity contribution in [1.29, 1.82) is 0 Å². The van der Waals surface area contributed by atoms with Gasteiger partial charge in [0.05, 0.1) is 28.1 Å². The molecule has 0 radical (unpaired) electrons. The van der Waals surface area contributed by atoms with E-state index < -0.39 is 0 Å². The minimum absolute atomic E-state index is 0.691. The van der Waals surface area contributed by atoms with Crippen LogP contribution in [0, 0.1) is 0 Å². The highest BCUT2D eigenvalue weighted by atomic mass is 15.2. The molecule has 11 rings (SSSR count). The van der Waals surface area contributed by atoms with E-state index in [-0.39, 0.29) is 0 Å². The molecule has 4 heteroatoms. The highest BCUT2D eigenvalue weighted by Crippen LogP contribution is 2.49. The first kappa shape index (κ1) is 34.4. The Kier molecular flexibility index (Phi) is 8.34. The zero-order valence-electron chi connectivity index (χ0n) is 32.3. The Bertz CT molecular complexity index is 3080. The number of aliphatic imine (C=N–C) groups is 1. The van der Waals surface area contributed by atoms with Crippen molar-refractivity contribution in [3.05, 3.63) is 212 Å². The van der Waals surface area contributed by atoms with Crippen LogP contribution < -0.4 is 4.90 Å². The summed E-state index contributed by atoms with van der Waals surface area (Å²) in [7, 11) is 0. The molecule has 1 aliphatic heterocycles. The summed E-state index contributed by atoms with van der Waals surface area (Å²) >= 11 is 0. The number of aromatic nitrogens is 2. The molecule has 4 nitrogen and oxygen atoms in total. The van der Waals surface area contributed by atoms with Crippen LogP contribution in [0.3, 0.4) is 0 Å². The Morgan fingerprint density at radius 2 is 1.02 bits per heavy atom. The van der Waals surface area contributed by atoms with Crippen molar-refractivity contribution in [1.82, 2.24) is 9.55 Å². The van der Waals surface area contributed by atoms with Gasteiger partial charge in [-0.15, -0.1) is 0 Å². The van der Waals surface area contributed by atoms with Crippen molar-refractivity contribution >= 4 is 45.6 Å². The number of nitrogens with zero attached hydrogens (tertiary/aromatic N) is 4. The Labute approximate surface area is 343 Å². The van der Waals surface area contributed by atoms with Crippen LogP contribution in [0.15, 0.2) is 211 Å². The van der Waals surface area contributed by atoms with Crippen LogP contribution in [0.4, 0.5) is 17.1 Å². The summed E-state index contributed by atoms with van der Waals surface area (Å²) in [6, 6.07) is 73.6. The number of hydrogen-bond acceptors (Lipinski definition) is 3. The summed E-state index contributed by atoms with van der Waals surface area (Å²) in [5, 5.41) is 2.39. The van der Waals surface area contributed by atoms with E-state index >= 15 is 0 Å².